The minimum atomic E-state index is -4.79. The van der Waals surface area contributed by atoms with E-state index in [0.717, 1.165) is 17.8 Å². The van der Waals surface area contributed by atoms with Crippen molar-refractivity contribution >= 4 is 17.5 Å². The van der Waals surface area contributed by atoms with Crippen molar-refractivity contribution in [3.8, 4) is 11.4 Å². The molecule has 3 rings (SSSR count). The van der Waals surface area contributed by atoms with E-state index in [1.54, 1.807) is 24.3 Å². The molecule has 2 aromatic carbocycles. The zero-order valence-electron chi connectivity index (χ0n) is 15.6. The Morgan fingerprint density at radius 2 is 1.77 bits per heavy atom. The molecular weight excluding hydrogens is 403 g/mol. The summed E-state index contributed by atoms with van der Waals surface area (Å²) in [5, 5.41) is 6.50. The zero-order valence-corrected chi connectivity index (χ0v) is 15.6. The highest BCUT2D eigenvalue weighted by Crippen LogP contribution is 2.24. The molecule has 0 unspecified atom stereocenters. The molecule has 1 N–H and O–H groups in total. The van der Waals surface area contributed by atoms with E-state index in [2.05, 4.69) is 20.1 Å². The lowest BCUT2D eigenvalue weighted by atomic mass is 10.2. The molecule has 0 saturated carbocycles. The molecule has 0 atom stereocenters. The van der Waals surface area contributed by atoms with Crippen LogP contribution >= 0.6 is 0 Å². The van der Waals surface area contributed by atoms with Crippen LogP contribution in [0.15, 0.2) is 61.2 Å². The van der Waals surface area contributed by atoms with Crippen LogP contribution in [0, 0.1) is 0 Å². The lowest BCUT2D eigenvalue weighted by molar-refractivity contribution is -0.274. The molecule has 0 bridgehead atoms. The number of ether oxygens (including phenoxy) is 1. The number of hydrogen-bond donors (Lipinski definition) is 1. The number of likely N-dealkylation sites (N-methyl/N-ethyl adjacent to an activating group) is 1. The van der Waals surface area contributed by atoms with E-state index in [9.17, 15) is 22.8 Å². The van der Waals surface area contributed by atoms with Crippen molar-refractivity contribution < 1.29 is 27.5 Å². The topological polar surface area (TPSA) is 89.4 Å². The molecule has 1 heterocycles. The smallest absolute Gasteiger partial charge is 0.406 e. The number of amides is 2. The fraction of sp³-hybridized carbons (Fsp3) is 0.158. The van der Waals surface area contributed by atoms with Crippen molar-refractivity contribution in [2.45, 2.75) is 6.36 Å². The van der Waals surface area contributed by atoms with Crippen molar-refractivity contribution in [1.82, 2.24) is 19.7 Å². The summed E-state index contributed by atoms with van der Waals surface area (Å²) in [6.45, 7) is -0.246. The van der Waals surface area contributed by atoms with Gasteiger partial charge in [0.1, 0.15) is 18.4 Å². The molecule has 0 aliphatic rings. The van der Waals surface area contributed by atoms with Crippen molar-refractivity contribution in [1.29, 1.82) is 0 Å². The first kappa shape index (κ1) is 20.8. The largest absolute Gasteiger partial charge is 0.573 e. The summed E-state index contributed by atoms with van der Waals surface area (Å²) in [5.74, 6) is -1.28. The molecule has 0 saturated heterocycles. The molecule has 0 aliphatic heterocycles. The van der Waals surface area contributed by atoms with Crippen molar-refractivity contribution in [2.24, 2.45) is 0 Å². The lowest BCUT2D eigenvalue weighted by Gasteiger charge is -2.17. The second-order valence-corrected chi connectivity index (χ2v) is 6.17. The van der Waals surface area contributed by atoms with Gasteiger partial charge in [0.15, 0.2) is 0 Å². The maximum absolute atomic E-state index is 12.5. The second kappa shape index (κ2) is 8.64. The van der Waals surface area contributed by atoms with Gasteiger partial charge in [-0.25, -0.2) is 9.67 Å². The first-order valence-corrected chi connectivity index (χ1v) is 8.57. The number of aromatic nitrogens is 3. The van der Waals surface area contributed by atoms with Crippen LogP contribution in [0.2, 0.25) is 0 Å². The van der Waals surface area contributed by atoms with E-state index in [0.29, 0.717) is 5.56 Å². The summed E-state index contributed by atoms with van der Waals surface area (Å²) in [6, 6.07) is 11.3. The maximum atomic E-state index is 12.5. The van der Waals surface area contributed by atoms with Crippen LogP contribution in [0.1, 0.15) is 10.4 Å². The van der Waals surface area contributed by atoms with Crippen LogP contribution < -0.4 is 10.1 Å². The van der Waals surface area contributed by atoms with Crippen LogP contribution in [0.5, 0.6) is 5.75 Å². The summed E-state index contributed by atoms with van der Waals surface area (Å²) in [7, 11) is 1.47. The Labute approximate surface area is 168 Å². The number of benzene rings is 2. The number of rotatable bonds is 6. The molecule has 0 radical (unpaired) electrons. The number of nitrogens with one attached hydrogen (secondary N) is 1. The third-order valence-corrected chi connectivity index (χ3v) is 3.90. The molecule has 2 amide bonds. The van der Waals surface area contributed by atoms with Crippen molar-refractivity contribution in [3.05, 3.63) is 66.7 Å². The number of carbonyl (C=O) groups excluding carboxylic acids is 2. The third-order valence-electron chi connectivity index (χ3n) is 3.90. The Balaban J connectivity index is 1.55. The van der Waals surface area contributed by atoms with Crippen molar-refractivity contribution in [2.75, 3.05) is 18.9 Å². The number of halogens is 3. The summed E-state index contributed by atoms with van der Waals surface area (Å²) in [4.78, 5) is 29.7. The quantitative estimate of drug-likeness (QED) is 0.664. The third kappa shape index (κ3) is 5.56. The van der Waals surface area contributed by atoms with Gasteiger partial charge in [0.05, 0.1) is 12.2 Å². The lowest BCUT2D eigenvalue weighted by Crippen LogP contribution is -2.34. The average molecular weight is 419 g/mol. The molecule has 0 aliphatic carbocycles. The van der Waals surface area contributed by atoms with Crippen LogP contribution in [0.4, 0.5) is 18.9 Å². The van der Waals surface area contributed by atoms with Gasteiger partial charge < -0.3 is 15.0 Å². The standard InChI is InChI=1S/C19H16F3N5O3/c1-26(18(29)13-2-6-15(7-3-13)27-12-23-11-24-27)10-17(28)25-14-4-8-16(9-5-14)30-19(20,21)22/h2-9,11-12H,10H2,1H3,(H,25,28). The van der Waals surface area contributed by atoms with Gasteiger partial charge >= 0.3 is 6.36 Å². The Bertz CT molecular complexity index is 1000. The van der Waals surface area contributed by atoms with Gasteiger partial charge in [-0.15, -0.1) is 13.2 Å². The van der Waals surface area contributed by atoms with Gasteiger partial charge in [0, 0.05) is 18.3 Å². The summed E-state index contributed by atoms with van der Waals surface area (Å²) in [5.41, 5.74) is 1.37. The van der Waals surface area contributed by atoms with Crippen LogP contribution in [-0.2, 0) is 4.79 Å². The van der Waals surface area contributed by atoms with Gasteiger partial charge in [0.25, 0.3) is 5.91 Å². The zero-order chi connectivity index (χ0) is 21.7. The summed E-state index contributed by atoms with van der Waals surface area (Å²) in [6.07, 6.45) is -1.88. The van der Waals surface area contributed by atoms with E-state index in [-0.39, 0.29) is 18.1 Å². The number of alkyl halides is 3. The molecule has 1 aromatic heterocycles. The molecule has 3 aromatic rings. The highest BCUT2D eigenvalue weighted by Gasteiger charge is 2.31. The monoisotopic (exact) mass is 419 g/mol. The molecule has 0 spiro atoms. The first-order chi connectivity index (χ1) is 14.2. The Hall–Kier alpha value is -3.89. The highest BCUT2D eigenvalue weighted by atomic mass is 19.4. The number of nitrogens with zero attached hydrogens (tertiary/aromatic N) is 4. The Kier molecular flexibility index (Phi) is 6.00. The van der Waals surface area contributed by atoms with E-state index < -0.39 is 18.0 Å². The van der Waals surface area contributed by atoms with Gasteiger partial charge in [-0.3, -0.25) is 9.59 Å². The van der Waals surface area contributed by atoms with Crippen LogP contribution in [0.25, 0.3) is 5.69 Å². The van der Waals surface area contributed by atoms with Crippen molar-refractivity contribution in [3.63, 3.8) is 0 Å². The highest BCUT2D eigenvalue weighted by molar-refractivity contribution is 5.99. The molecular formula is C19H16F3N5O3. The predicted octanol–water partition coefficient (Wildman–Crippen LogP) is 2.88. The van der Waals surface area contributed by atoms with Crippen LogP contribution in [0.3, 0.4) is 0 Å². The fourth-order valence-electron chi connectivity index (χ4n) is 2.55. The van der Waals surface area contributed by atoms with E-state index in [4.69, 9.17) is 0 Å². The Morgan fingerprint density at radius 1 is 1.10 bits per heavy atom. The summed E-state index contributed by atoms with van der Waals surface area (Å²) >= 11 is 0. The van der Waals surface area contributed by atoms with E-state index in [1.807, 2.05) is 0 Å². The molecule has 30 heavy (non-hydrogen) atoms. The molecule has 0 fully saturated rings. The van der Waals surface area contributed by atoms with Gasteiger partial charge in [0.2, 0.25) is 5.91 Å². The SMILES string of the molecule is CN(CC(=O)Nc1ccc(OC(F)(F)F)cc1)C(=O)c1ccc(-n2cncn2)cc1. The minimum absolute atomic E-state index is 0.246. The first-order valence-electron chi connectivity index (χ1n) is 8.57. The number of hydrogen-bond acceptors (Lipinski definition) is 5. The second-order valence-electron chi connectivity index (χ2n) is 6.17. The van der Waals surface area contributed by atoms with Crippen LogP contribution in [-0.4, -0.2) is 51.4 Å². The Morgan fingerprint density at radius 3 is 2.33 bits per heavy atom. The van der Waals surface area contributed by atoms with Gasteiger partial charge in [-0.2, -0.15) is 5.10 Å². The normalized spacial score (nSPS) is 11.1. The number of carbonyl (C=O) groups is 2. The molecule has 8 nitrogen and oxygen atoms in total. The van der Waals surface area contributed by atoms with Gasteiger partial charge in [-0.05, 0) is 48.5 Å². The van der Waals surface area contributed by atoms with E-state index >= 15 is 0 Å². The fourth-order valence-corrected chi connectivity index (χ4v) is 2.55. The maximum Gasteiger partial charge on any atom is 0.573 e. The molecule has 156 valence electrons. The number of anilines is 1. The summed E-state index contributed by atoms with van der Waals surface area (Å²) < 4.78 is 41.8. The van der Waals surface area contributed by atoms with E-state index in [1.165, 1.54) is 41.4 Å². The predicted molar refractivity (Wildman–Crippen MR) is 100 cm³/mol. The molecule has 11 heteroatoms. The average Bonchev–Trinajstić information content (AvgIpc) is 3.22. The minimum Gasteiger partial charge on any atom is -0.406 e. The van der Waals surface area contributed by atoms with Gasteiger partial charge in [-0.1, -0.05) is 0 Å².